The van der Waals surface area contributed by atoms with E-state index in [9.17, 15) is 4.79 Å². The highest BCUT2D eigenvalue weighted by molar-refractivity contribution is 5.92. The molecule has 0 spiro atoms. The molecule has 1 atom stereocenters. The lowest BCUT2D eigenvalue weighted by atomic mass is 9.86. The van der Waals surface area contributed by atoms with Crippen molar-refractivity contribution in [1.82, 2.24) is 15.3 Å². The van der Waals surface area contributed by atoms with Gasteiger partial charge in [0.1, 0.15) is 6.26 Å². The topological polar surface area (TPSA) is 94.0 Å². The molecule has 2 rings (SSSR count). The highest BCUT2D eigenvalue weighted by Gasteiger charge is 2.23. The van der Waals surface area contributed by atoms with E-state index < -0.39 is 0 Å². The van der Waals surface area contributed by atoms with Crippen LogP contribution in [0.1, 0.15) is 55.2 Å². The van der Waals surface area contributed by atoms with Crippen LogP contribution in [0.15, 0.2) is 35.2 Å². The molecule has 0 bridgehead atoms. The van der Waals surface area contributed by atoms with E-state index in [0.29, 0.717) is 5.89 Å². The van der Waals surface area contributed by atoms with Crippen LogP contribution in [0.2, 0.25) is 0 Å². The molecule has 0 aliphatic carbocycles. The van der Waals surface area contributed by atoms with Crippen molar-refractivity contribution in [3.8, 4) is 0 Å². The second kappa shape index (κ2) is 6.70. The Morgan fingerprint density at radius 2 is 2.23 bits per heavy atom. The van der Waals surface area contributed by atoms with Crippen LogP contribution in [0.5, 0.6) is 0 Å². The highest BCUT2D eigenvalue weighted by Crippen LogP contribution is 2.29. The number of rotatable bonds is 5. The largest absolute Gasteiger partial charge is 0.447 e. The Labute approximate surface area is 130 Å². The molecule has 118 valence electrons. The summed E-state index contributed by atoms with van der Waals surface area (Å²) in [5, 5.41) is 3.00. The van der Waals surface area contributed by atoms with Gasteiger partial charge < -0.3 is 15.5 Å². The van der Waals surface area contributed by atoms with Crippen LogP contribution in [0.25, 0.3) is 0 Å². The number of amides is 1. The van der Waals surface area contributed by atoms with Crippen LogP contribution in [0.4, 0.5) is 0 Å². The molecule has 0 saturated heterocycles. The summed E-state index contributed by atoms with van der Waals surface area (Å²) in [6.45, 7) is 6.56. The third kappa shape index (κ3) is 4.39. The standard InChI is InChI=1S/C16H22N4O2/c1-16(2,3)7-12(11-5-4-6-18-9-11)20-15(21)13-10-22-14(8-17)19-13/h4-6,9-10,12H,7-8,17H2,1-3H3,(H,20,21)/t12-/m0/s1. The zero-order chi connectivity index (χ0) is 16.2. The van der Waals surface area contributed by atoms with Crippen molar-refractivity contribution >= 4 is 5.91 Å². The molecule has 0 unspecified atom stereocenters. The van der Waals surface area contributed by atoms with Gasteiger partial charge in [-0.2, -0.15) is 0 Å². The molecule has 2 aromatic heterocycles. The van der Waals surface area contributed by atoms with Gasteiger partial charge in [0.25, 0.3) is 5.91 Å². The van der Waals surface area contributed by atoms with E-state index in [1.54, 1.807) is 12.4 Å². The summed E-state index contributed by atoms with van der Waals surface area (Å²) < 4.78 is 5.11. The van der Waals surface area contributed by atoms with Gasteiger partial charge in [-0.1, -0.05) is 26.8 Å². The highest BCUT2D eigenvalue weighted by atomic mass is 16.3. The number of oxazole rings is 1. The fraction of sp³-hybridized carbons (Fsp3) is 0.438. The maximum atomic E-state index is 12.3. The smallest absolute Gasteiger partial charge is 0.273 e. The van der Waals surface area contributed by atoms with Crippen LogP contribution in [-0.2, 0) is 6.54 Å². The number of carbonyl (C=O) groups excluding carboxylic acids is 1. The van der Waals surface area contributed by atoms with Crippen LogP contribution in [-0.4, -0.2) is 15.9 Å². The van der Waals surface area contributed by atoms with Crippen molar-refractivity contribution in [3.63, 3.8) is 0 Å². The molecular formula is C16H22N4O2. The minimum atomic E-state index is -0.276. The van der Waals surface area contributed by atoms with E-state index in [1.807, 2.05) is 12.1 Å². The van der Waals surface area contributed by atoms with E-state index in [0.717, 1.165) is 12.0 Å². The molecule has 0 aliphatic rings. The van der Waals surface area contributed by atoms with E-state index in [1.165, 1.54) is 6.26 Å². The molecule has 22 heavy (non-hydrogen) atoms. The first-order valence-electron chi connectivity index (χ1n) is 7.24. The van der Waals surface area contributed by atoms with Gasteiger partial charge >= 0.3 is 0 Å². The second-order valence-corrected chi connectivity index (χ2v) is 6.41. The number of hydrogen-bond donors (Lipinski definition) is 2. The summed E-state index contributed by atoms with van der Waals surface area (Å²) in [5.74, 6) is 0.0699. The average Bonchev–Trinajstić information content (AvgIpc) is 2.95. The number of aromatic nitrogens is 2. The minimum Gasteiger partial charge on any atom is -0.447 e. The van der Waals surface area contributed by atoms with Crippen molar-refractivity contribution in [1.29, 1.82) is 0 Å². The van der Waals surface area contributed by atoms with Crippen molar-refractivity contribution in [2.75, 3.05) is 0 Å². The van der Waals surface area contributed by atoms with E-state index in [2.05, 4.69) is 36.1 Å². The molecule has 1 amide bonds. The van der Waals surface area contributed by atoms with Crippen LogP contribution in [0, 0.1) is 5.41 Å². The molecule has 6 nitrogen and oxygen atoms in total. The first-order chi connectivity index (χ1) is 10.4. The molecule has 0 aromatic carbocycles. The first-order valence-corrected chi connectivity index (χ1v) is 7.24. The van der Waals surface area contributed by atoms with Crippen LogP contribution < -0.4 is 11.1 Å². The molecule has 6 heteroatoms. The molecule has 0 saturated carbocycles. The lowest BCUT2D eigenvalue weighted by Crippen LogP contribution is -2.31. The Kier molecular flexibility index (Phi) is 4.92. The molecule has 0 aliphatic heterocycles. The summed E-state index contributed by atoms with van der Waals surface area (Å²) in [6, 6.07) is 3.68. The van der Waals surface area contributed by atoms with Gasteiger partial charge in [-0.15, -0.1) is 0 Å². The van der Waals surface area contributed by atoms with Gasteiger partial charge in [-0.05, 0) is 23.5 Å². The normalized spacial score (nSPS) is 12.9. The quantitative estimate of drug-likeness (QED) is 0.884. The SMILES string of the molecule is CC(C)(C)C[C@H](NC(=O)c1coc(CN)n1)c1cccnc1. The Morgan fingerprint density at radius 1 is 1.45 bits per heavy atom. The predicted octanol–water partition coefficient (Wildman–Crippen LogP) is 2.44. The number of nitrogens with two attached hydrogens (primary N) is 1. The van der Waals surface area contributed by atoms with Crippen LogP contribution >= 0.6 is 0 Å². The minimum absolute atomic E-state index is 0.0556. The number of nitrogens with zero attached hydrogens (tertiary/aromatic N) is 2. The molecule has 2 heterocycles. The molecule has 0 radical (unpaired) electrons. The van der Waals surface area contributed by atoms with Gasteiger partial charge in [-0.25, -0.2) is 4.98 Å². The van der Waals surface area contributed by atoms with E-state index >= 15 is 0 Å². The van der Waals surface area contributed by atoms with Gasteiger partial charge in [0.2, 0.25) is 5.89 Å². The molecule has 0 fully saturated rings. The predicted molar refractivity (Wildman–Crippen MR) is 82.9 cm³/mol. The fourth-order valence-electron chi connectivity index (χ4n) is 2.19. The first kappa shape index (κ1) is 16.2. The van der Waals surface area contributed by atoms with Crippen molar-refractivity contribution < 1.29 is 9.21 Å². The van der Waals surface area contributed by atoms with Gasteiger partial charge in [0.05, 0.1) is 12.6 Å². The number of hydrogen-bond acceptors (Lipinski definition) is 5. The Balaban J connectivity index is 2.17. The third-order valence-corrected chi connectivity index (χ3v) is 3.17. The summed E-state index contributed by atoms with van der Waals surface area (Å²) in [7, 11) is 0. The number of nitrogens with one attached hydrogen (secondary N) is 1. The van der Waals surface area contributed by atoms with Crippen molar-refractivity contribution in [2.24, 2.45) is 11.1 Å². The summed E-state index contributed by atoms with van der Waals surface area (Å²) in [5.41, 5.74) is 6.70. The molecule has 3 N–H and O–H groups in total. The van der Waals surface area contributed by atoms with E-state index in [-0.39, 0.29) is 29.6 Å². The van der Waals surface area contributed by atoms with Gasteiger partial charge in [-0.3, -0.25) is 9.78 Å². The van der Waals surface area contributed by atoms with Crippen molar-refractivity contribution in [3.05, 3.63) is 47.9 Å². The Morgan fingerprint density at radius 3 is 2.77 bits per heavy atom. The molecule has 2 aromatic rings. The fourth-order valence-corrected chi connectivity index (χ4v) is 2.19. The third-order valence-electron chi connectivity index (χ3n) is 3.17. The summed E-state index contributed by atoms with van der Waals surface area (Å²) in [6.07, 6.45) is 5.59. The summed E-state index contributed by atoms with van der Waals surface area (Å²) >= 11 is 0. The van der Waals surface area contributed by atoms with Gasteiger partial charge in [0.15, 0.2) is 5.69 Å². The Bertz CT molecular complexity index is 617. The zero-order valence-electron chi connectivity index (χ0n) is 13.2. The number of pyridine rings is 1. The molecular weight excluding hydrogens is 280 g/mol. The van der Waals surface area contributed by atoms with E-state index in [4.69, 9.17) is 10.2 Å². The summed E-state index contributed by atoms with van der Waals surface area (Å²) in [4.78, 5) is 20.5. The lowest BCUT2D eigenvalue weighted by molar-refractivity contribution is 0.0921. The van der Waals surface area contributed by atoms with Crippen molar-refractivity contribution in [2.45, 2.75) is 39.8 Å². The second-order valence-electron chi connectivity index (χ2n) is 6.41. The maximum Gasteiger partial charge on any atom is 0.273 e. The zero-order valence-corrected chi connectivity index (χ0v) is 13.2. The Hall–Kier alpha value is -2.21. The maximum absolute atomic E-state index is 12.3. The number of carbonyl (C=O) groups is 1. The lowest BCUT2D eigenvalue weighted by Gasteiger charge is -2.26. The average molecular weight is 302 g/mol. The monoisotopic (exact) mass is 302 g/mol. The van der Waals surface area contributed by atoms with Crippen LogP contribution in [0.3, 0.4) is 0 Å². The van der Waals surface area contributed by atoms with Gasteiger partial charge in [0, 0.05) is 12.4 Å².